The van der Waals surface area contributed by atoms with E-state index in [2.05, 4.69) is 85.2 Å². The average Bonchev–Trinajstić information content (AvgIpc) is 3.16. The number of rotatable bonds is 4. The van der Waals surface area contributed by atoms with E-state index >= 15 is 0 Å². The van der Waals surface area contributed by atoms with Gasteiger partial charge in [-0.15, -0.1) is 10.2 Å². The fraction of sp³-hybridized carbons (Fsp3) is 0.235. The maximum atomic E-state index is 4.32. The van der Waals surface area contributed by atoms with Crippen molar-refractivity contribution in [3.63, 3.8) is 0 Å². The van der Waals surface area contributed by atoms with Gasteiger partial charge in [-0.25, -0.2) is 5.53 Å². The van der Waals surface area contributed by atoms with E-state index in [0.29, 0.717) is 6.54 Å². The van der Waals surface area contributed by atoms with Gasteiger partial charge in [-0.3, -0.25) is 5.43 Å². The van der Waals surface area contributed by atoms with Gasteiger partial charge in [0.05, 0.1) is 6.54 Å². The molecule has 2 aromatic carbocycles. The summed E-state index contributed by atoms with van der Waals surface area (Å²) in [6.07, 6.45) is 0. The molecule has 5 nitrogen and oxygen atoms in total. The Morgan fingerprint density at radius 1 is 0.958 bits per heavy atom. The van der Waals surface area contributed by atoms with Crippen LogP contribution in [0.4, 0.5) is 0 Å². The number of fused-ring (bicyclic) bond motifs is 3. The van der Waals surface area contributed by atoms with E-state index in [0.717, 1.165) is 5.84 Å². The Labute approximate surface area is 143 Å². The minimum absolute atomic E-state index is 0.696. The topological polar surface area (TPSA) is 44.6 Å². The predicted octanol–water partition coefficient (Wildman–Crippen LogP) is 0.818. The quantitative estimate of drug-likeness (QED) is 0.701. The van der Waals surface area contributed by atoms with Crippen LogP contribution in [0.3, 0.4) is 0 Å². The molecule has 2 N–H and O–H groups in total. The molecule has 3 aromatic rings. The summed E-state index contributed by atoms with van der Waals surface area (Å²) in [7, 11) is 6.18. The molecule has 0 saturated heterocycles. The number of benzene rings is 2. The Bertz CT molecular complexity index is 886. The van der Waals surface area contributed by atoms with E-state index in [4.69, 9.17) is 0 Å². The van der Waals surface area contributed by atoms with Crippen molar-refractivity contribution in [3.8, 4) is 0 Å². The second kappa shape index (κ2) is 5.91. The third kappa shape index (κ3) is 2.45. The molecule has 1 aliphatic rings. The molecule has 0 unspecified atom stereocenters. The zero-order valence-corrected chi connectivity index (χ0v) is 14.2. The molecule has 24 heavy (non-hydrogen) atoms. The van der Waals surface area contributed by atoms with Crippen molar-refractivity contribution >= 4 is 53.1 Å². The van der Waals surface area contributed by atoms with Gasteiger partial charge in [0.1, 0.15) is 14.6 Å². The van der Waals surface area contributed by atoms with Crippen molar-refractivity contribution in [2.24, 2.45) is 5.10 Å². The first-order chi connectivity index (χ1) is 11.7. The van der Waals surface area contributed by atoms with Crippen LogP contribution in [0.15, 0.2) is 41.5 Å². The maximum Gasteiger partial charge on any atom is 0.159 e. The van der Waals surface area contributed by atoms with Gasteiger partial charge < -0.3 is 4.57 Å². The Morgan fingerprint density at radius 3 is 2.00 bits per heavy atom. The lowest BCUT2D eigenvalue weighted by atomic mass is 9.72. The monoisotopic (exact) mass is 315 g/mol. The summed E-state index contributed by atoms with van der Waals surface area (Å²) in [6, 6.07) is 13.3. The molecule has 0 bridgehead atoms. The van der Waals surface area contributed by atoms with Crippen molar-refractivity contribution in [1.29, 1.82) is 0 Å². The number of aromatic nitrogens is 1. The molecule has 0 fully saturated rings. The van der Waals surface area contributed by atoms with Gasteiger partial charge in [0.15, 0.2) is 5.84 Å². The number of hydrogen-bond donors (Lipinski definition) is 2. The predicted molar refractivity (Wildman–Crippen MR) is 103 cm³/mol. The minimum Gasteiger partial charge on any atom is -0.333 e. The molecule has 0 atom stereocenters. The molecule has 4 rings (SSSR count). The maximum absolute atomic E-state index is 4.32. The van der Waals surface area contributed by atoms with E-state index < -0.39 is 0 Å². The molecule has 0 saturated carbocycles. The summed E-state index contributed by atoms with van der Waals surface area (Å²) in [5.41, 5.74) is 11.0. The fourth-order valence-electron chi connectivity index (χ4n) is 3.27. The molecule has 0 spiro atoms. The largest absolute Gasteiger partial charge is 0.333 e. The van der Waals surface area contributed by atoms with Crippen LogP contribution in [-0.2, 0) is 6.54 Å². The van der Waals surface area contributed by atoms with Gasteiger partial charge in [0, 0.05) is 28.9 Å². The van der Waals surface area contributed by atoms with Crippen molar-refractivity contribution in [1.82, 2.24) is 20.6 Å². The Kier molecular flexibility index (Phi) is 3.73. The van der Waals surface area contributed by atoms with Crippen LogP contribution in [0.25, 0.3) is 21.8 Å². The molecule has 2 radical (unpaired) electrons. The summed E-state index contributed by atoms with van der Waals surface area (Å²) >= 11 is 0. The second-order valence-corrected chi connectivity index (χ2v) is 6.05. The molecule has 0 amide bonds. The Morgan fingerprint density at radius 2 is 1.54 bits per heavy atom. The van der Waals surface area contributed by atoms with Gasteiger partial charge in [0.25, 0.3) is 0 Å². The summed E-state index contributed by atoms with van der Waals surface area (Å²) in [5, 5.41) is 8.63. The highest BCUT2D eigenvalue weighted by atomic mass is 15.9. The summed E-state index contributed by atoms with van der Waals surface area (Å²) in [4.78, 5) is 0. The normalized spacial score (nSPS) is 14.5. The van der Waals surface area contributed by atoms with Crippen LogP contribution in [0, 0.1) is 0 Å². The van der Waals surface area contributed by atoms with E-state index in [1.165, 1.54) is 32.7 Å². The molecular formula is C17H19B2N5. The van der Waals surface area contributed by atoms with Gasteiger partial charge in [-0.1, -0.05) is 48.8 Å². The number of nitrogens with zero attached hydrogens (tertiary/aromatic N) is 3. The van der Waals surface area contributed by atoms with Gasteiger partial charge in [-0.05, 0) is 12.1 Å². The first-order valence-corrected chi connectivity index (χ1v) is 8.17. The molecule has 1 aliphatic heterocycles. The summed E-state index contributed by atoms with van der Waals surface area (Å²) < 4.78 is 2.32. The number of hydrazone groups is 1. The third-order valence-electron chi connectivity index (χ3n) is 4.52. The van der Waals surface area contributed by atoms with Crippen LogP contribution in [0.2, 0.25) is 13.6 Å². The number of nitrogens with one attached hydrogen (secondary N) is 2. The highest BCUT2D eigenvalue weighted by Gasteiger charge is 2.16. The lowest BCUT2D eigenvalue weighted by Crippen LogP contribution is -2.38. The third-order valence-corrected chi connectivity index (χ3v) is 4.52. The van der Waals surface area contributed by atoms with Crippen molar-refractivity contribution in [2.45, 2.75) is 20.2 Å². The van der Waals surface area contributed by atoms with E-state index in [1.807, 2.05) is 7.05 Å². The van der Waals surface area contributed by atoms with Crippen molar-refractivity contribution < 1.29 is 0 Å². The average molecular weight is 315 g/mol. The molecular weight excluding hydrogens is 296 g/mol. The fourth-order valence-corrected chi connectivity index (χ4v) is 3.27. The van der Waals surface area contributed by atoms with E-state index in [-0.39, 0.29) is 0 Å². The Hall–Kier alpha value is -2.40. The highest BCUT2D eigenvalue weighted by Crippen LogP contribution is 2.27. The van der Waals surface area contributed by atoms with Crippen LogP contribution in [0.1, 0.15) is 0 Å². The smallest absolute Gasteiger partial charge is 0.159 e. The molecule has 118 valence electrons. The number of hydrazine groups is 2. The summed E-state index contributed by atoms with van der Waals surface area (Å²) in [5.74, 6) is 0.897. The first kappa shape index (κ1) is 15.1. The summed E-state index contributed by atoms with van der Waals surface area (Å²) in [6.45, 7) is 4.84. The Balaban J connectivity index is 1.92. The molecule has 2 heterocycles. The number of hydrogen-bond acceptors (Lipinski definition) is 4. The van der Waals surface area contributed by atoms with Crippen LogP contribution < -0.4 is 21.9 Å². The van der Waals surface area contributed by atoms with Crippen molar-refractivity contribution in [3.05, 3.63) is 36.4 Å². The van der Waals surface area contributed by atoms with Crippen LogP contribution in [0.5, 0.6) is 0 Å². The standard InChI is InChI=1S/C17H19B2N5/c1-18-11-4-6-15-13(8-11)14-9-12(19-2)5-7-16(14)24(15)10-17-20-22-23(3)21-17/h4-9,22H,10H2,1-3H3,(H,20,21). The lowest BCUT2D eigenvalue weighted by Gasteiger charge is -2.10. The van der Waals surface area contributed by atoms with Gasteiger partial charge >= 0.3 is 0 Å². The molecule has 7 heteroatoms. The zero-order valence-electron chi connectivity index (χ0n) is 14.2. The number of amidine groups is 1. The SMILES string of the molecule is C[B]c1ccc2c(c1)c1cc([B]C)ccc1n2CC1=NNN(C)N1. The first-order valence-electron chi connectivity index (χ1n) is 8.17. The molecule has 0 aliphatic carbocycles. The lowest BCUT2D eigenvalue weighted by molar-refractivity contribution is 0.231. The second-order valence-electron chi connectivity index (χ2n) is 6.05. The van der Waals surface area contributed by atoms with Gasteiger partial charge in [0.2, 0.25) is 0 Å². The van der Waals surface area contributed by atoms with Crippen LogP contribution >= 0.6 is 0 Å². The van der Waals surface area contributed by atoms with Gasteiger partial charge in [-0.2, -0.15) is 0 Å². The van der Waals surface area contributed by atoms with E-state index in [9.17, 15) is 0 Å². The van der Waals surface area contributed by atoms with E-state index in [1.54, 1.807) is 5.12 Å². The van der Waals surface area contributed by atoms with Crippen molar-refractivity contribution in [2.75, 3.05) is 7.05 Å². The zero-order chi connectivity index (χ0) is 16.7. The van der Waals surface area contributed by atoms with Crippen LogP contribution in [-0.4, -0.2) is 37.1 Å². The minimum atomic E-state index is 0.696. The highest BCUT2D eigenvalue weighted by molar-refractivity contribution is 6.53. The molecule has 1 aromatic heterocycles.